The van der Waals surface area contributed by atoms with Crippen LogP contribution < -0.4 is 0 Å². The van der Waals surface area contributed by atoms with E-state index in [1.807, 2.05) is 0 Å². The maximum absolute atomic E-state index is 12.6. The van der Waals surface area contributed by atoms with Gasteiger partial charge in [0.15, 0.2) is 9.84 Å². The molecule has 0 unspecified atom stereocenters. The zero-order valence-electron chi connectivity index (χ0n) is 12.0. The van der Waals surface area contributed by atoms with Crippen LogP contribution in [0.2, 0.25) is 10.0 Å². The lowest BCUT2D eigenvalue weighted by Crippen LogP contribution is -2.42. The van der Waals surface area contributed by atoms with Crippen molar-refractivity contribution in [2.45, 2.75) is 29.9 Å². The average molecular weight is 386 g/mol. The fourth-order valence-corrected chi connectivity index (χ4v) is 5.71. The fraction of sp³-hybridized carbons (Fsp3) is 0.538. The minimum absolute atomic E-state index is 0.0682. The van der Waals surface area contributed by atoms with Crippen LogP contribution in [-0.4, -0.2) is 45.2 Å². The Bertz CT molecular complexity index is 754. The third kappa shape index (κ3) is 3.59. The molecule has 1 aliphatic heterocycles. The third-order valence-electron chi connectivity index (χ3n) is 3.84. The van der Waals surface area contributed by atoms with Gasteiger partial charge in [0.1, 0.15) is 0 Å². The summed E-state index contributed by atoms with van der Waals surface area (Å²) in [5.74, 6) is 0.0806. The molecule has 22 heavy (non-hydrogen) atoms. The summed E-state index contributed by atoms with van der Waals surface area (Å²) < 4.78 is 50.1. The summed E-state index contributed by atoms with van der Waals surface area (Å²) in [5, 5.41) is -0.00249. The first kappa shape index (κ1) is 18.0. The van der Waals surface area contributed by atoms with Crippen molar-refractivity contribution in [2.24, 2.45) is 0 Å². The van der Waals surface area contributed by atoms with Gasteiger partial charge < -0.3 is 0 Å². The van der Waals surface area contributed by atoms with Crippen LogP contribution in [0.3, 0.4) is 0 Å². The smallest absolute Gasteiger partial charge is 0.229 e. The van der Waals surface area contributed by atoms with Crippen molar-refractivity contribution in [3.05, 3.63) is 28.2 Å². The lowest BCUT2D eigenvalue weighted by atomic mass is 10.2. The van der Waals surface area contributed by atoms with Crippen LogP contribution in [0.4, 0.5) is 0 Å². The quantitative estimate of drug-likeness (QED) is 0.798. The Morgan fingerprint density at radius 2 is 1.68 bits per heavy atom. The van der Waals surface area contributed by atoms with Crippen molar-refractivity contribution in [3.63, 3.8) is 0 Å². The van der Waals surface area contributed by atoms with Gasteiger partial charge in [-0.15, -0.1) is 0 Å². The first-order chi connectivity index (χ1) is 10.2. The summed E-state index contributed by atoms with van der Waals surface area (Å²) in [6.07, 6.45) is 0.632. The SMILES string of the molecule is CCS(=O)(=O)C1CCN(S(=O)(=O)c2ccc(Cl)c(Cl)c2)CC1. The molecule has 0 aliphatic carbocycles. The van der Waals surface area contributed by atoms with E-state index < -0.39 is 25.1 Å². The Morgan fingerprint density at radius 1 is 1.09 bits per heavy atom. The number of piperidine rings is 1. The number of benzene rings is 1. The summed E-state index contributed by atoms with van der Waals surface area (Å²) in [6.45, 7) is 1.98. The van der Waals surface area contributed by atoms with Gasteiger partial charge in [-0.1, -0.05) is 30.1 Å². The number of halogens is 2. The Labute approximate surface area is 141 Å². The van der Waals surface area contributed by atoms with Crippen LogP contribution in [0.5, 0.6) is 0 Å². The normalized spacial score (nSPS) is 18.5. The number of hydrogen-bond acceptors (Lipinski definition) is 4. The van der Waals surface area contributed by atoms with E-state index >= 15 is 0 Å². The molecule has 1 heterocycles. The molecule has 9 heteroatoms. The van der Waals surface area contributed by atoms with E-state index in [-0.39, 0.29) is 33.8 Å². The van der Waals surface area contributed by atoms with Gasteiger partial charge in [0.2, 0.25) is 10.0 Å². The minimum Gasteiger partial charge on any atom is -0.229 e. The highest BCUT2D eigenvalue weighted by molar-refractivity contribution is 7.92. The number of sulfonamides is 1. The first-order valence-electron chi connectivity index (χ1n) is 6.85. The van der Waals surface area contributed by atoms with Crippen LogP contribution in [-0.2, 0) is 19.9 Å². The zero-order chi connectivity index (χ0) is 16.5. The molecule has 1 fully saturated rings. The first-order valence-corrected chi connectivity index (χ1v) is 10.8. The maximum atomic E-state index is 12.6. The minimum atomic E-state index is -3.68. The predicted octanol–water partition coefficient (Wildman–Crippen LogP) is 2.58. The Hall–Kier alpha value is -0.340. The topological polar surface area (TPSA) is 71.5 Å². The Balaban J connectivity index is 2.18. The molecule has 0 bridgehead atoms. The molecule has 0 spiro atoms. The summed E-state index contributed by atoms with van der Waals surface area (Å²) in [7, 11) is -6.81. The third-order valence-corrected chi connectivity index (χ3v) is 8.77. The van der Waals surface area contributed by atoms with E-state index in [1.165, 1.54) is 22.5 Å². The second-order valence-electron chi connectivity index (χ2n) is 5.13. The zero-order valence-corrected chi connectivity index (χ0v) is 15.1. The molecule has 0 N–H and O–H groups in total. The molecule has 1 aromatic carbocycles. The van der Waals surface area contributed by atoms with E-state index in [0.29, 0.717) is 12.8 Å². The Kier molecular flexibility index (Phi) is 5.44. The predicted molar refractivity (Wildman–Crippen MR) is 87.7 cm³/mol. The van der Waals surface area contributed by atoms with Gasteiger partial charge in [0.25, 0.3) is 0 Å². The fourth-order valence-electron chi connectivity index (χ4n) is 2.45. The van der Waals surface area contributed by atoms with Crippen LogP contribution in [0.25, 0.3) is 0 Å². The van der Waals surface area contributed by atoms with Crippen molar-refractivity contribution in [1.29, 1.82) is 0 Å². The van der Waals surface area contributed by atoms with Crippen LogP contribution in [0, 0.1) is 0 Å². The van der Waals surface area contributed by atoms with Crippen molar-refractivity contribution in [2.75, 3.05) is 18.8 Å². The lowest BCUT2D eigenvalue weighted by Gasteiger charge is -2.30. The molecule has 124 valence electrons. The van der Waals surface area contributed by atoms with E-state index in [9.17, 15) is 16.8 Å². The van der Waals surface area contributed by atoms with Crippen molar-refractivity contribution in [3.8, 4) is 0 Å². The molecule has 0 radical (unpaired) electrons. The van der Waals surface area contributed by atoms with E-state index in [0.717, 1.165) is 0 Å². The highest BCUT2D eigenvalue weighted by Gasteiger charge is 2.34. The molecule has 2 rings (SSSR count). The highest BCUT2D eigenvalue weighted by atomic mass is 35.5. The molecule has 1 saturated heterocycles. The number of sulfone groups is 1. The summed E-state index contributed by atoms with van der Waals surface area (Å²) in [5.41, 5.74) is 0. The highest BCUT2D eigenvalue weighted by Crippen LogP contribution is 2.28. The second kappa shape index (κ2) is 6.65. The monoisotopic (exact) mass is 385 g/mol. The lowest BCUT2D eigenvalue weighted by molar-refractivity contribution is 0.346. The van der Waals surface area contributed by atoms with Crippen LogP contribution in [0.1, 0.15) is 19.8 Å². The molecule has 1 aliphatic rings. The van der Waals surface area contributed by atoms with Crippen molar-refractivity contribution < 1.29 is 16.8 Å². The van der Waals surface area contributed by atoms with Gasteiger partial charge in [0.05, 0.1) is 20.2 Å². The van der Waals surface area contributed by atoms with Gasteiger partial charge in [-0.25, -0.2) is 16.8 Å². The number of nitrogens with zero attached hydrogens (tertiary/aromatic N) is 1. The van der Waals surface area contributed by atoms with Gasteiger partial charge in [-0.2, -0.15) is 4.31 Å². The molecule has 0 atom stereocenters. The molecule has 0 saturated carbocycles. The maximum Gasteiger partial charge on any atom is 0.243 e. The molecule has 5 nitrogen and oxygen atoms in total. The van der Waals surface area contributed by atoms with Crippen molar-refractivity contribution >= 4 is 43.1 Å². The molecular formula is C13H17Cl2NO4S2. The van der Waals surface area contributed by atoms with E-state index in [2.05, 4.69) is 0 Å². The van der Waals surface area contributed by atoms with Crippen LogP contribution in [0.15, 0.2) is 23.1 Å². The van der Waals surface area contributed by atoms with Crippen molar-refractivity contribution in [1.82, 2.24) is 4.31 Å². The van der Waals surface area contributed by atoms with E-state index in [1.54, 1.807) is 6.92 Å². The summed E-state index contributed by atoms with van der Waals surface area (Å²) in [6, 6.07) is 4.15. The number of rotatable bonds is 4. The summed E-state index contributed by atoms with van der Waals surface area (Å²) in [4.78, 5) is 0.0682. The largest absolute Gasteiger partial charge is 0.243 e. The number of hydrogen-bond donors (Lipinski definition) is 0. The summed E-state index contributed by atoms with van der Waals surface area (Å²) >= 11 is 11.7. The molecule has 1 aromatic rings. The Morgan fingerprint density at radius 3 is 2.18 bits per heavy atom. The van der Waals surface area contributed by atoms with Gasteiger partial charge in [0, 0.05) is 18.8 Å². The van der Waals surface area contributed by atoms with Gasteiger partial charge in [-0.05, 0) is 31.0 Å². The molecular weight excluding hydrogens is 369 g/mol. The van der Waals surface area contributed by atoms with Gasteiger partial charge >= 0.3 is 0 Å². The molecule has 0 aromatic heterocycles. The van der Waals surface area contributed by atoms with E-state index in [4.69, 9.17) is 23.2 Å². The second-order valence-corrected chi connectivity index (χ2v) is 10.5. The standard InChI is InChI=1S/C13H17Cl2NO4S2/c1-2-21(17,18)10-5-7-16(8-6-10)22(19,20)11-3-4-12(14)13(15)9-11/h3-4,9-10H,2,5-8H2,1H3. The average Bonchev–Trinajstić information content (AvgIpc) is 2.50. The van der Waals surface area contributed by atoms with Crippen LogP contribution >= 0.6 is 23.2 Å². The molecule has 0 amide bonds. The van der Waals surface area contributed by atoms with Gasteiger partial charge in [-0.3, -0.25) is 0 Å².